The molecule has 1 saturated carbocycles. The number of rotatable bonds is 4. The van der Waals surface area contributed by atoms with Gasteiger partial charge < -0.3 is 9.80 Å². The Morgan fingerprint density at radius 1 is 1.07 bits per heavy atom. The second kappa shape index (κ2) is 7.91. The summed E-state index contributed by atoms with van der Waals surface area (Å²) in [5.41, 5.74) is 0.801. The molecule has 4 rings (SSSR count). The number of hydrogen-bond donors (Lipinski definition) is 0. The Labute approximate surface area is 165 Å². The van der Waals surface area contributed by atoms with Crippen molar-refractivity contribution in [2.45, 2.75) is 44.3 Å². The normalized spacial score (nSPS) is 27.1. The van der Waals surface area contributed by atoms with Crippen LogP contribution in [0.5, 0.6) is 0 Å². The molecule has 1 aliphatic carbocycles. The number of fused-ring (bicyclic) bond motifs is 1. The van der Waals surface area contributed by atoms with Crippen molar-refractivity contribution in [3.63, 3.8) is 0 Å². The van der Waals surface area contributed by atoms with Gasteiger partial charge in [-0.15, -0.1) is 0 Å². The van der Waals surface area contributed by atoms with Crippen LogP contribution >= 0.6 is 0 Å². The standard InChI is InChI=1S/C21H28N4O3/c1-22-14-19(27)25-18(24(22)15-26)13-23(12-16-8-4-2-5-9-16)21(28)20(25)17-10-6-3-7-11-17/h3,6-7,10-11,15-16,18,20H,2,4-5,8-9,12-14H2,1H3/t18?,20-/m0/s1. The van der Waals surface area contributed by atoms with Crippen molar-refractivity contribution in [3.05, 3.63) is 35.9 Å². The number of likely N-dealkylation sites (N-methyl/N-ethyl adjacent to an activating group) is 1. The zero-order valence-corrected chi connectivity index (χ0v) is 16.4. The number of carbonyl (C=O) groups is 3. The fraction of sp³-hybridized carbons (Fsp3) is 0.571. The van der Waals surface area contributed by atoms with E-state index in [4.69, 9.17) is 0 Å². The average molecular weight is 384 g/mol. The molecule has 0 radical (unpaired) electrons. The Morgan fingerprint density at radius 3 is 2.46 bits per heavy atom. The van der Waals surface area contributed by atoms with E-state index in [1.165, 1.54) is 19.3 Å². The smallest absolute Gasteiger partial charge is 0.250 e. The molecule has 150 valence electrons. The molecular weight excluding hydrogens is 356 g/mol. The molecule has 0 aromatic heterocycles. The van der Waals surface area contributed by atoms with E-state index in [2.05, 4.69) is 0 Å². The Hall–Kier alpha value is -2.41. The van der Waals surface area contributed by atoms with E-state index in [9.17, 15) is 14.4 Å². The third-order valence-corrected chi connectivity index (χ3v) is 6.31. The molecule has 1 unspecified atom stereocenters. The fourth-order valence-corrected chi connectivity index (χ4v) is 4.88. The second-order valence-corrected chi connectivity index (χ2v) is 8.14. The van der Waals surface area contributed by atoms with Crippen LogP contribution in [0.15, 0.2) is 30.3 Å². The largest absolute Gasteiger partial charge is 0.336 e. The summed E-state index contributed by atoms with van der Waals surface area (Å²) in [6.07, 6.45) is 6.29. The van der Waals surface area contributed by atoms with E-state index in [1.807, 2.05) is 35.2 Å². The number of carbonyl (C=O) groups excluding carboxylic acids is 3. The van der Waals surface area contributed by atoms with Crippen LogP contribution in [0.1, 0.15) is 43.7 Å². The van der Waals surface area contributed by atoms with E-state index >= 15 is 0 Å². The molecule has 7 nitrogen and oxygen atoms in total. The minimum atomic E-state index is -0.674. The third-order valence-electron chi connectivity index (χ3n) is 6.31. The van der Waals surface area contributed by atoms with Gasteiger partial charge >= 0.3 is 0 Å². The predicted molar refractivity (Wildman–Crippen MR) is 104 cm³/mol. The highest BCUT2D eigenvalue weighted by Crippen LogP contribution is 2.35. The van der Waals surface area contributed by atoms with Gasteiger partial charge in [0.25, 0.3) is 0 Å². The van der Waals surface area contributed by atoms with Gasteiger partial charge in [-0.2, -0.15) is 0 Å². The molecule has 2 saturated heterocycles. The fourth-order valence-electron chi connectivity index (χ4n) is 4.88. The number of nitrogens with zero attached hydrogens (tertiary/aromatic N) is 4. The van der Waals surface area contributed by atoms with Gasteiger partial charge in [0, 0.05) is 13.6 Å². The Balaban J connectivity index is 1.68. The zero-order valence-electron chi connectivity index (χ0n) is 16.4. The first-order valence-corrected chi connectivity index (χ1v) is 10.2. The minimum absolute atomic E-state index is 0.0308. The maximum atomic E-state index is 13.5. The summed E-state index contributed by atoms with van der Waals surface area (Å²) in [5, 5.41) is 3.20. The van der Waals surface area contributed by atoms with Crippen molar-refractivity contribution in [1.29, 1.82) is 0 Å². The van der Waals surface area contributed by atoms with Crippen molar-refractivity contribution in [2.75, 3.05) is 26.7 Å². The van der Waals surface area contributed by atoms with Gasteiger partial charge in [0.05, 0.1) is 13.1 Å². The van der Waals surface area contributed by atoms with Gasteiger partial charge in [0.2, 0.25) is 18.2 Å². The predicted octanol–water partition coefficient (Wildman–Crippen LogP) is 1.62. The molecule has 3 aliphatic rings. The van der Waals surface area contributed by atoms with Crippen LogP contribution in [0.25, 0.3) is 0 Å². The van der Waals surface area contributed by atoms with Gasteiger partial charge in [-0.05, 0) is 24.3 Å². The highest BCUT2D eigenvalue weighted by Gasteiger charge is 2.49. The van der Waals surface area contributed by atoms with Crippen LogP contribution in [0.2, 0.25) is 0 Å². The Morgan fingerprint density at radius 2 is 1.79 bits per heavy atom. The molecule has 2 heterocycles. The highest BCUT2D eigenvalue weighted by atomic mass is 16.2. The summed E-state index contributed by atoms with van der Waals surface area (Å²) < 4.78 is 0. The number of hydrazine groups is 1. The number of benzene rings is 1. The third kappa shape index (κ3) is 3.39. The molecule has 0 N–H and O–H groups in total. The molecule has 1 aromatic carbocycles. The van der Waals surface area contributed by atoms with Gasteiger partial charge in [-0.3, -0.25) is 19.4 Å². The minimum Gasteiger partial charge on any atom is -0.336 e. The van der Waals surface area contributed by atoms with Crippen molar-refractivity contribution < 1.29 is 14.4 Å². The lowest BCUT2D eigenvalue weighted by Crippen LogP contribution is -2.71. The summed E-state index contributed by atoms with van der Waals surface area (Å²) in [6, 6.07) is 8.77. The van der Waals surface area contributed by atoms with Crippen molar-refractivity contribution >= 4 is 18.2 Å². The van der Waals surface area contributed by atoms with E-state index in [1.54, 1.807) is 22.0 Å². The summed E-state index contributed by atoms with van der Waals surface area (Å²) >= 11 is 0. The number of piperazine rings is 1. The molecule has 28 heavy (non-hydrogen) atoms. The second-order valence-electron chi connectivity index (χ2n) is 8.14. The molecule has 3 amide bonds. The van der Waals surface area contributed by atoms with Crippen LogP contribution < -0.4 is 0 Å². The lowest BCUT2D eigenvalue weighted by molar-refractivity contribution is -0.197. The van der Waals surface area contributed by atoms with Crippen LogP contribution in [-0.4, -0.2) is 70.9 Å². The molecule has 2 atom stereocenters. The Bertz CT molecular complexity index is 734. The van der Waals surface area contributed by atoms with E-state index in [0.29, 0.717) is 19.0 Å². The maximum Gasteiger partial charge on any atom is 0.250 e. The monoisotopic (exact) mass is 384 g/mol. The van der Waals surface area contributed by atoms with Gasteiger partial charge in [-0.1, -0.05) is 49.6 Å². The van der Waals surface area contributed by atoms with Crippen LogP contribution in [0.4, 0.5) is 0 Å². The SMILES string of the molecule is CN1CC(=O)N2C(CN(CC3CCCCC3)C(=O)[C@@H]2c2ccccc2)N1C=O. The molecule has 2 aliphatic heterocycles. The lowest BCUT2D eigenvalue weighted by Gasteiger charge is -2.54. The van der Waals surface area contributed by atoms with Crippen LogP contribution in [0, 0.1) is 5.92 Å². The summed E-state index contributed by atoms with van der Waals surface area (Å²) in [6.45, 7) is 1.17. The van der Waals surface area contributed by atoms with Gasteiger partial charge in [-0.25, -0.2) is 5.01 Å². The van der Waals surface area contributed by atoms with E-state index < -0.39 is 12.2 Å². The summed E-state index contributed by atoms with van der Waals surface area (Å²) in [5.74, 6) is 0.351. The molecule has 7 heteroatoms. The van der Waals surface area contributed by atoms with E-state index in [-0.39, 0.29) is 18.4 Å². The van der Waals surface area contributed by atoms with Gasteiger partial charge in [0.15, 0.2) is 0 Å². The lowest BCUT2D eigenvalue weighted by atomic mass is 9.88. The van der Waals surface area contributed by atoms with Gasteiger partial charge in [0.1, 0.15) is 12.2 Å². The molecule has 0 spiro atoms. The number of amides is 3. The molecule has 3 fully saturated rings. The van der Waals surface area contributed by atoms with Crippen LogP contribution in [-0.2, 0) is 14.4 Å². The van der Waals surface area contributed by atoms with Crippen LogP contribution in [0.3, 0.4) is 0 Å². The van der Waals surface area contributed by atoms with Crippen molar-refractivity contribution in [3.8, 4) is 0 Å². The topological polar surface area (TPSA) is 64.2 Å². The maximum absolute atomic E-state index is 13.5. The summed E-state index contributed by atoms with van der Waals surface area (Å²) in [7, 11) is 1.74. The van der Waals surface area contributed by atoms with E-state index in [0.717, 1.165) is 24.8 Å². The highest BCUT2D eigenvalue weighted by molar-refractivity contribution is 5.91. The first kappa shape index (κ1) is 18.9. The Kier molecular flexibility index (Phi) is 5.35. The zero-order chi connectivity index (χ0) is 19.7. The molecular formula is C21H28N4O3. The number of hydrogen-bond acceptors (Lipinski definition) is 4. The first-order valence-electron chi connectivity index (χ1n) is 10.2. The summed E-state index contributed by atoms with van der Waals surface area (Å²) in [4.78, 5) is 41.7. The van der Waals surface area contributed by atoms with Crippen molar-refractivity contribution in [1.82, 2.24) is 19.8 Å². The average Bonchev–Trinajstić information content (AvgIpc) is 2.71. The first-order chi connectivity index (χ1) is 13.6. The quantitative estimate of drug-likeness (QED) is 0.740. The van der Waals surface area contributed by atoms with Crippen molar-refractivity contribution in [2.24, 2.45) is 5.92 Å². The molecule has 0 bridgehead atoms. The molecule has 1 aromatic rings.